The lowest BCUT2D eigenvalue weighted by Gasteiger charge is -2.41. The van der Waals surface area contributed by atoms with Crippen molar-refractivity contribution in [3.8, 4) is 17.3 Å². The van der Waals surface area contributed by atoms with Crippen molar-refractivity contribution < 1.29 is 9.53 Å². The van der Waals surface area contributed by atoms with Crippen molar-refractivity contribution >= 4 is 11.9 Å². The molecule has 5 rings (SSSR count). The molecule has 9 nitrogen and oxygen atoms in total. The van der Waals surface area contributed by atoms with Crippen molar-refractivity contribution in [2.45, 2.75) is 43.7 Å². The lowest BCUT2D eigenvalue weighted by atomic mass is 9.81. The van der Waals surface area contributed by atoms with Crippen molar-refractivity contribution in [1.82, 2.24) is 25.1 Å². The lowest BCUT2D eigenvalue weighted by Crippen LogP contribution is -2.56. The molecule has 0 aromatic carbocycles. The van der Waals surface area contributed by atoms with Gasteiger partial charge < -0.3 is 15.0 Å². The Hall–Kier alpha value is -3.15. The highest BCUT2D eigenvalue weighted by molar-refractivity contribution is 5.71. The number of nitrogens with zero attached hydrogens (tertiary/aromatic N) is 6. The summed E-state index contributed by atoms with van der Waals surface area (Å²) in [4.78, 5) is 23.2. The van der Waals surface area contributed by atoms with Gasteiger partial charge in [0, 0.05) is 31.9 Å². The quantitative estimate of drug-likeness (QED) is 0.846. The maximum atomic E-state index is 11.9. The number of piperidine rings is 1. The topological polar surface area (TPSA) is 109 Å². The van der Waals surface area contributed by atoms with Gasteiger partial charge in [-0.3, -0.25) is 4.68 Å². The number of rotatable bonds is 4. The van der Waals surface area contributed by atoms with Crippen molar-refractivity contribution in [1.29, 1.82) is 5.26 Å². The van der Waals surface area contributed by atoms with E-state index < -0.39 is 0 Å². The number of hydrogen-bond donors (Lipinski definition) is 1. The van der Waals surface area contributed by atoms with Gasteiger partial charge in [-0.1, -0.05) is 12.8 Å². The zero-order valence-electron chi connectivity index (χ0n) is 16.3. The van der Waals surface area contributed by atoms with Crippen LogP contribution < -0.4 is 10.2 Å². The minimum Gasteiger partial charge on any atom is -0.444 e. The first kappa shape index (κ1) is 17.9. The molecule has 1 saturated carbocycles. The Morgan fingerprint density at radius 1 is 1.34 bits per heavy atom. The summed E-state index contributed by atoms with van der Waals surface area (Å²) in [6.07, 6.45) is 9.90. The number of nitrogens with one attached hydrogen (secondary N) is 1. The third kappa shape index (κ3) is 3.28. The molecule has 0 unspecified atom stereocenters. The Morgan fingerprint density at radius 2 is 2.14 bits per heavy atom. The zero-order valence-corrected chi connectivity index (χ0v) is 16.3. The first-order valence-corrected chi connectivity index (χ1v) is 10.1. The minimum absolute atomic E-state index is 0.0392. The van der Waals surface area contributed by atoms with E-state index in [1.807, 2.05) is 13.2 Å². The molecule has 2 saturated heterocycles. The number of aromatic nitrogens is 4. The number of carbonyl (C=O) groups is 1. The number of alkyl carbamates (subject to hydrolysis) is 1. The number of aryl methyl sites for hydroxylation is 1. The molecule has 2 aliphatic heterocycles. The van der Waals surface area contributed by atoms with E-state index in [0.717, 1.165) is 43.7 Å². The summed E-state index contributed by atoms with van der Waals surface area (Å²) in [6.45, 7) is 1.50. The van der Waals surface area contributed by atoms with Gasteiger partial charge in [-0.05, 0) is 25.2 Å². The van der Waals surface area contributed by atoms with Crippen LogP contribution in [0.2, 0.25) is 0 Å². The number of anilines is 1. The Balaban J connectivity index is 1.35. The van der Waals surface area contributed by atoms with Gasteiger partial charge in [0.2, 0.25) is 0 Å². The summed E-state index contributed by atoms with van der Waals surface area (Å²) in [5.41, 5.74) is 1.33. The molecule has 29 heavy (non-hydrogen) atoms. The maximum absolute atomic E-state index is 11.9. The Kier molecular flexibility index (Phi) is 4.15. The van der Waals surface area contributed by atoms with Crippen LogP contribution in [0.5, 0.6) is 0 Å². The standard InChI is InChI=1S/C20H23N7O2/c1-26-12-14(10-23-26)18-15(9-21)22-11-17(24-18)27-6-4-20(5-7-27)16(8-13-2-3-13)29-19(28)25-20/h10-13,16H,2-8H2,1H3,(H,25,28)/t16-/m1/s1. The van der Waals surface area contributed by atoms with Gasteiger partial charge >= 0.3 is 6.09 Å². The molecular weight excluding hydrogens is 370 g/mol. The van der Waals surface area contributed by atoms with Crippen LogP contribution in [0, 0.1) is 17.2 Å². The highest BCUT2D eigenvalue weighted by atomic mass is 16.6. The maximum Gasteiger partial charge on any atom is 0.408 e. The van der Waals surface area contributed by atoms with Gasteiger partial charge in [0.05, 0.1) is 17.9 Å². The average Bonchev–Trinajstić information content (AvgIpc) is 3.36. The van der Waals surface area contributed by atoms with E-state index in [1.165, 1.54) is 12.8 Å². The van der Waals surface area contributed by atoms with E-state index in [-0.39, 0.29) is 23.4 Å². The molecule has 3 aliphatic rings. The number of hydrogen-bond acceptors (Lipinski definition) is 7. The summed E-state index contributed by atoms with van der Waals surface area (Å²) in [6, 6.07) is 2.11. The Labute approximate surface area is 168 Å². The van der Waals surface area contributed by atoms with Crippen LogP contribution in [0.3, 0.4) is 0 Å². The molecule has 4 heterocycles. The van der Waals surface area contributed by atoms with Crippen molar-refractivity contribution in [3.05, 3.63) is 24.3 Å². The second-order valence-corrected chi connectivity index (χ2v) is 8.28. The van der Waals surface area contributed by atoms with Crippen molar-refractivity contribution in [3.63, 3.8) is 0 Å². The first-order chi connectivity index (χ1) is 14.1. The zero-order chi connectivity index (χ0) is 20.0. The fraction of sp³-hybridized carbons (Fsp3) is 0.550. The number of carbonyl (C=O) groups excluding carboxylic acids is 1. The van der Waals surface area contributed by atoms with Crippen LogP contribution in [0.4, 0.5) is 10.6 Å². The molecule has 1 N–H and O–H groups in total. The predicted octanol–water partition coefficient (Wildman–Crippen LogP) is 2.00. The van der Waals surface area contributed by atoms with Gasteiger partial charge in [0.1, 0.15) is 23.7 Å². The van der Waals surface area contributed by atoms with Crippen LogP contribution in [0.25, 0.3) is 11.3 Å². The van der Waals surface area contributed by atoms with Gasteiger partial charge in [-0.15, -0.1) is 0 Å². The molecule has 1 aliphatic carbocycles. The van der Waals surface area contributed by atoms with Gasteiger partial charge in [0.25, 0.3) is 0 Å². The first-order valence-electron chi connectivity index (χ1n) is 10.1. The van der Waals surface area contributed by atoms with Crippen LogP contribution in [-0.4, -0.2) is 50.6 Å². The Morgan fingerprint density at radius 3 is 2.79 bits per heavy atom. The molecule has 0 radical (unpaired) electrons. The van der Waals surface area contributed by atoms with Crippen molar-refractivity contribution in [2.24, 2.45) is 13.0 Å². The second-order valence-electron chi connectivity index (χ2n) is 8.28. The van der Waals surface area contributed by atoms with Gasteiger partial charge in [0.15, 0.2) is 5.69 Å². The largest absolute Gasteiger partial charge is 0.444 e. The molecule has 1 spiro atoms. The fourth-order valence-corrected chi connectivity index (χ4v) is 4.43. The van der Waals surface area contributed by atoms with E-state index in [4.69, 9.17) is 9.72 Å². The highest BCUT2D eigenvalue weighted by Crippen LogP contribution is 2.42. The number of cyclic esters (lactones) is 1. The second kappa shape index (κ2) is 6.72. The smallest absolute Gasteiger partial charge is 0.408 e. The summed E-state index contributed by atoms with van der Waals surface area (Å²) in [5, 5.41) is 16.7. The predicted molar refractivity (Wildman–Crippen MR) is 104 cm³/mol. The molecule has 2 aromatic heterocycles. The van der Waals surface area contributed by atoms with Gasteiger partial charge in [-0.25, -0.2) is 14.8 Å². The molecule has 1 atom stereocenters. The van der Waals surface area contributed by atoms with Crippen LogP contribution >= 0.6 is 0 Å². The van der Waals surface area contributed by atoms with Crippen LogP contribution in [-0.2, 0) is 11.8 Å². The SMILES string of the molecule is Cn1cc(-c2nc(N3CCC4(CC3)NC(=O)O[C@@H]4CC3CC3)cnc2C#N)cn1. The molecule has 0 bridgehead atoms. The van der Waals surface area contributed by atoms with E-state index in [2.05, 4.69) is 26.4 Å². The third-order valence-corrected chi connectivity index (χ3v) is 6.28. The van der Waals surface area contributed by atoms with E-state index in [1.54, 1.807) is 17.1 Å². The molecule has 2 aromatic rings. The van der Waals surface area contributed by atoms with E-state index in [0.29, 0.717) is 11.6 Å². The molecule has 1 amide bonds. The van der Waals surface area contributed by atoms with Crippen LogP contribution in [0.1, 0.15) is 37.8 Å². The molecule has 150 valence electrons. The van der Waals surface area contributed by atoms with Gasteiger partial charge in [-0.2, -0.15) is 10.4 Å². The number of nitriles is 1. The summed E-state index contributed by atoms with van der Waals surface area (Å²) >= 11 is 0. The monoisotopic (exact) mass is 393 g/mol. The molecular formula is C20H23N7O2. The molecule has 3 fully saturated rings. The van der Waals surface area contributed by atoms with E-state index >= 15 is 0 Å². The highest BCUT2D eigenvalue weighted by Gasteiger charge is 2.51. The summed E-state index contributed by atoms with van der Waals surface area (Å²) in [7, 11) is 1.83. The summed E-state index contributed by atoms with van der Waals surface area (Å²) in [5.74, 6) is 1.44. The van der Waals surface area contributed by atoms with E-state index in [9.17, 15) is 10.1 Å². The number of ether oxygens (including phenoxy) is 1. The fourth-order valence-electron chi connectivity index (χ4n) is 4.43. The van der Waals surface area contributed by atoms with Crippen LogP contribution in [0.15, 0.2) is 18.6 Å². The average molecular weight is 393 g/mol. The van der Waals surface area contributed by atoms with Crippen molar-refractivity contribution in [2.75, 3.05) is 18.0 Å². The molecule has 9 heteroatoms. The number of amides is 1. The lowest BCUT2D eigenvalue weighted by molar-refractivity contribution is 0.0855. The normalized spacial score (nSPS) is 23.0. The Bertz CT molecular complexity index is 983. The minimum atomic E-state index is -0.291. The summed E-state index contributed by atoms with van der Waals surface area (Å²) < 4.78 is 7.29. The third-order valence-electron chi connectivity index (χ3n) is 6.28.